The molecule has 0 aliphatic carbocycles. The average Bonchev–Trinajstić information content (AvgIpc) is 2.99. The maximum atomic E-state index is 12.3. The molecule has 4 nitrogen and oxygen atoms in total. The van der Waals surface area contributed by atoms with Crippen LogP contribution in [0.5, 0.6) is 0 Å². The molecule has 1 amide bonds. The van der Waals surface area contributed by atoms with Crippen LogP contribution in [0.25, 0.3) is 0 Å². The summed E-state index contributed by atoms with van der Waals surface area (Å²) in [5.74, 6) is 0.806. The van der Waals surface area contributed by atoms with Gasteiger partial charge in [-0.1, -0.05) is 29.3 Å². The third-order valence-electron chi connectivity index (χ3n) is 3.68. The lowest BCUT2D eigenvalue weighted by Gasteiger charge is -2.17. The fourth-order valence-electron chi connectivity index (χ4n) is 2.53. The van der Waals surface area contributed by atoms with Gasteiger partial charge in [-0.2, -0.15) is 0 Å². The summed E-state index contributed by atoms with van der Waals surface area (Å²) in [4.78, 5) is 18.8. The summed E-state index contributed by atoms with van der Waals surface area (Å²) in [6, 6.07) is 10.8. The molecule has 2 heterocycles. The highest BCUT2D eigenvalue weighted by Crippen LogP contribution is 2.23. The van der Waals surface area contributed by atoms with E-state index in [2.05, 4.69) is 15.2 Å². The Balaban J connectivity index is 1.62. The van der Waals surface area contributed by atoms with Gasteiger partial charge in [-0.3, -0.25) is 4.79 Å². The first-order valence-corrected chi connectivity index (χ1v) is 7.81. The van der Waals surface area contributed by atoms with Crippen molar-refractivity contribution in [3.8, 4) is 0 Å². The van der Waals surface area contributed by atoms with Crippen molar-refractivity contribution in [3.63, 3.8) is 0 Å². The van der Waals surface area contributed by atoms with E-state index in [-0.39, 0.29) is 11.9 Å². The Morgan fingerprint density at radius 1 is 1.23 bits per heavy atom. The zero-order valence-electron chi connectivity index (χ0n) is 11.8. The van der Waals surface area contributed by atoms with Gasteiger partial charge in [0.25, 0.3) is 5.91 Å². The van der Waals surface area contributed by atoms with Gasteiger partial charge in [0, 0.05) is 30.9 Å². The van der Waals surface area contributed by atoms with E-state index in [1.54, 1.807) is 24.4 Å². The SMILES string of the molecule is O=C(NC1CCN(c2ccccn2)C1)c1ccc(Cl)c(Cl)c1. The zero-order valence-corrected chi connectivity index (χ0v) is 13.3. The molecule has 2 aromatic rings. The van der Waals surface area contributed by atoms with Gasteiger partial charge in [-0.15, -0.1) is 0 Å². The van der Waals surface area contributed by atoms with Crippen LogP contribution in [0, 0.1) is 0 Å². The maximum absolute atomic E-state index is 12.3. The lowest BCUT2D eigenvalue weighted by atomic mass is 10.2. The highest BCUT2D eigenvalue weighted by atomic mass is 35.5. The summed E-state index contributed by atoms with van der Waals surface area (Å²) in [6.07, 6.45) is 2.67. The van der Waals surface area contributed by atoms with Gasteiger partial charge in [0.1, 0.15) is 5.82 Å². The summed E-state index contributed by atoms with van der Waals surface area (Å²) in [7, 11) is 0. The summed E-state index contributed by atoms with van der Waals surface area (Å²) < 4.78 is 0. The number of benzene rings is 1. The predicted molar refractivity (Wildman–Crippen MR) is 88.8 cm³/mol. The van der Waals surface area contributed by atoms with Crippen molar-refractivity contribution < 1.29 is 4.79 Å². The Bertz CT molecular complexity index is 678. The number of carbonyl (C=O) groups excluding carboxylic acids is 1. The standard InChI is InChI=1S/C16H15Cl2N3O/c17-13-5-4-11(9-14(13)18)16(22)20-12-6-8-21(10-12)15-3-1-2-7-19-15/h1-5,7,9,12H,6,8,10H2,(H,20,22). The Hall–Kier alpha value is -1.78. The smallest absolute Gasteiger partial charge is 0.251 e. The van der Waals surface area contributed by atoms with Crippen LogP contribution in [0.2, 0.25) is 10.0 Å². The molecule has 0 radical (unpaired) electrons. The van der Waals surface area contributed by atoms with Crippen LogP contribution < -0.4 is 10.2 Å². The molecule has 114 valence electrons. The van der Waals surface area contributed by atoms with Crippen LogP contribution in [-0.2, 0) is 0 Å². The summed E-state index contributed by atoms with van der Waals surface area (Å²) in [6.45, 7) is 1.63. The number of anilines is 1. The topological polar surface area (TPSA) is 45.2 Å². The van der Waals surface area contributed by atoms with E-state index in [9.17, 15) is 4.79 Å². The van der Waals surface area contributed by atoms with Gasteiger partial charge >= 0.3 is 0 Å². The number of nitrogens with one attached hydrogen (secondary N) is 1. The number of aromatic nitrogens is 1. The van der Waals surface area contributed by atoms with Crippen LogP contribution in [0.15, 0.2) is 42.6 Å². The van der Waals surface area contributed by atoms with Crippen LogP contribution in [0.3, 0.4) is 0 Å². The monoisotopic (exact) mass is 335 g/mol. The van der Waals surface area contributed by atoms with Crippen molar-refractivity contribution in [1.29, 1.82) is 0 Å². The van der Waals surface area contributed by atoms with E-state index in [1.807, 2.05) is 18.2 Å². The van der Waals surface area contributed by atoms with Crippen LogP contribution in [-0.4, -0.2) is 30.0 Å². The maximum Gasteiger partial charge on any atom is 0.251 e. The molecule has 1 atom stereocenters. The molecular weight excluding hydrogens is 321 g/mol. The van der Waals surface area contributed by atoms with Crippen molar-refractivity contribution in [1.82, 2.24) is 10.3 Å². The highest BCUT2D eigenvalue weighted by Gasteiger charge is 2.25. The predicted octanol–water partition coefficient (Wildman–Crippen LogP) is 3.40. The molecule has 1 aromatic heterocycles. The first kappa shape index (κ1) is 15.1. The molecule has 1 saturated heterocycles. The van der Waals surface area contributed by atoms with Gasteiger partial charge < -0.3 is 10.2 Å². The van der Waals surface area contributed by atoms with E-state index in [4.69, 9.17) is 23.2 Å². The first-order chi connectivity index (χ1) is 10.6. The molecule has 3 rings (SSSR count). The van der Waals surface area contributed by atoms with E-state index in [1.165, 1.54) is 0 Å². The van der Waals surface area contributed by atoms with Crippen LogP contribution in [0.1, 0.15) is 16.8 Å². The third-order valence-corrected chi connectivity index (χ3v) is 4.42. The number of rotatable bonds is 3. The highest BCUT2D eigenvalue weighted by molar-refractivity contribution is 6.42. The Kier molecular flexibility index (Phi) is 4.50. The molecule has 1 fully saturated rings. The number of hydrogen-bond donors (Lipinski definition) is 1. The van der Waals surface area contributed by atoms with Crippen LogP contribution >= 0.6 is 23.2 Å². The molecule has 1 N–H and O–H groups in total. The largest absolute Gasteiger partial charge is 0.354 e. The number of pyridine rings is 1. The van der Waals surface area contributed by atoms with Crippen molar-refractivity contribution in [2.24, 2.45) is 0 Å². The fourth-order valence-corrected chi connectivity index (χ4v) is 2.83. The number of hydrogen-bond acceptors (Lipinski definition) is 3. The van der Waals surface area contributed by atoms with E-state index in [0.717, 1.165) is 25.3 Å². The normalized spacial score (nSPS) is 17.5. The zero-order chi connectivity index (χ0) is 15.5. The molecule has 0 saturated carbocycles. The number of amides is 1. The molecule has 6 heteroatoms. The fraction of sp³-hybridized carbons (Fsp3) is 0.250. The minimum Gasteiger partial charge on any atom is -0.354 e. The van der Waals surface area contributed by atoms with Crippen molar-refractivity contribution in [2.45, 2.75) is 12.5 Å². The lowest BCUT2D eigenvalue weighted by molar-refractivity contribution is 0.0940. The van der Waals surface area contributed by atoms with Gasteiger partial charge in [-0.25, -0.2) is 4.98 Å². The molecular formula is C16H15Cl2N3O. The lowest BCUT2D eigenvalue weighted by Crippen LogP contribution is -2.37. The van der Waals surface area contributed by atoms with Gasteiger partial charge in [-0.05, 0) is 36.8 Å². The molecule has 0 spiro atoms. The summed E-state index contributed by atoms with van der Waals surface area (Å²) in [5, 5.41) is 3.86. The average molecular weight is 336 g/mol. The second-order valence-corrected chi connectivity index (χ2v) is 6.04. The quantitative estimate of drug-likeness (QED) is 0.934. The molecule has 1 aliphatic rings. The molecule has 1 aliphatic heterocycles. The molecule has 1 aromatic carbocycles. The van der Waals surface area contributed by atoms with Crippen molar-refractivity contribution >= 4 is 34.9 Å². The minimum absolute atomic E-state index is 0.101. The number of nitrogens with zero attached hydrogens (tertiary/aromatic N) is 2. The Morgan fingerprint density at radius 2 is 2.09 bits per heavy atom. The van der Waals surface area contributed by atoms with E-state index < -0.39 is 0 Å². The van der Waals surface area contributed by atoms with Crippen LogP contribution in [0.4, 0.5) is 5.82 Å². The van der Waals surface area contributed by atoms with Gasteiger partial charge in [0.2, 0.25) is 0 Å². The summed E-state index contributed by atoms with van der Waals surface area (Å²) >= 11 is 11.8. The second kappa shape index (κ2) is 6.55. The first-order valence-electron chi connectivity index (χ1n) is 7.05. The summed E-state index contributed by atoms with van der Waals surface area (Å²) in [5.41, 5.74) is 0.519. The Labute approximate surface area is 139 Å². The van der Waals surface area contributed by atoms with Gasteiger partial charge in [0.05, 0.1) is 10.0 Å². The number of carbonyl (C=O) groups is 1. The molecule has 22 heavy (non-hydrogen) atoms. The Morgan fingerprint density at radius 3 is 2.82 bits per heavy atom. The second-order valence-electron chi connectivity index (χ2n) is 5.22. The minimum atomic E-state index is -0.133. The third kappa shape index (κ3) is 3.34. The van der Waals surface area contributed by atoms with Crippen molar-refractivity contribution in [3.05, 3.63) is 58.2 Å². The molecule has 0 bridgehead atoms. The number of halogens is 2. The van der Waals surface area contributed by atoms with E-state index >= 15 is 0 Å². The van der Waals surface area contributed by atoms with E-state index in [0.29, 0.717) is 15.6 Å². The van der Waals surface area contributed by atoms with Crippen molar-refractivity contribution in [2.75, 3.05) is 18.0 Å². The molecule has 1 unspecified atom stereocenters. The van der Waals surface area contributed by atoms with Gasteiger partial charge in [0.15, 0.2) is 0 Å².